The third-order valence-electron chi connectivity index (χ3n) is 8.47. The van der Waals surface area contributed by atoms with Crippen LogP contribution < -0.4 is 20.4 Å². The summed E-state index contributed by atoms with van der Waals surface area (Å²) >= 11 is 0. The van der Waals surface area contributed by atoms with Crippen LogP contribution in [0, 0.1) is 13.8 Å². The summed E-state index contributed by atoms with van der Waals surface area (Å²) in [5, 5.41) is 5.91. The van der Waals surface area contributed by atoms with Gasteiger partial charge in [-0.15, -0.1) is 0 Å². The highest BCUT2D eigenvalue weighted by Crippen LogP contribution is 2.33. The Kier molecular flexibility index (Phi) is 8.39. The van der Waals surface area contributed by atoms with Gasteiger partial charge in [0, 0.05) is 73.7 Å². The Bertz CT molecular complexity index is 1780. The average Bonchev–Trinajstić information content (AvgIpc) is 3.03. The summed E-state index contributed by atoms with van der Waals surface area (Å²) in [6, 6.07) is 16.7. The van der Waals surface area contributed by atoms with Crippen LogP contribution >= 0.6 is 0 Å². The maximum Gasteiger partial charge on any atom is 0.416 e. The van der Waals surface area contributed by atoms with Crippen LogP contribution in [0.2, 0.25) is 0 Å². The SMILES string of the molecule is Cc1ccc(NC(=O)c2ccc(C)c(C(F)(F)F)c2)cc1N1CCc2nc(Nc3ccc(N4CCN(C)CC4)cc3)ncc2C1=O. The third kappa shape index (κ3) is 6.52. The molecule has 1 saturated heterocycles. The Morgan fingerprint density at radius 1 is 0.870 bits per heavy atom. The van der Waals surface area contributed by atoms with E-state index in [0.717, 1.165) is 43.5 Å². The monoisotopic (exact) mass is 629 g/mol. The first-order chi connectivity index (χ1) is 22.0. The quantitative estimate of drug-likeness (QED) is 0.268. The highest BCUT2D eigenvalue weighted by atomic mass is 19.4. The summed E-state index contributed by atoms with van der Waals surface area (Å²) in [6.07, 6.45) is -2.56. The Morgan fingerprint density at radius 2 is 1.57 bits per heavy atom. The minimum atomic E-state index is -4.57. The molecular formula is C34H34F3N7O2. The molecule has 0 aliphatic carbocycles. The minimum absolute atomic E-state index is 0.0350. The fourth-order valence-electron chi connectivity index (χ4n) is 5.74. The smallest absolute Gasteiger partial charge is 0.369 e. The number of carbonyl (C=O) groups excluding carboxylic acids is 2. The van der Waals surface area contributed by atoms with Crippen LogP contribution in [0.3, 0.4) is 0 Å². The number of benzene rings is 3. The molecule has 0 saturated carbocycles. The largest absolute Gasteiger partial charge is 0.416 e. The van der Waals surface area contributed by atoms with Crippen molar-refractivity contribution in [3.05, 3.63) is 100 Å². The fourth-order valence-corrected chi connectivity index (χ4v) is 5.74. The van der Waals surface area contributed by atoms with E-state index in [0.29, 0.717) is 41.5 Å². The number of carbonyl (C=O) groups is 2. The van der Waals surface area contributed by atoms with Gasteiger partial charge in [0.1, 0.15) is 0 Å². The number of anilines is 5. The van der Waals surface area contributed by atoms with Crippen molar-refractivity contribution in [1.29, 1.82) is 0 Å². The first-order valence-corrected chi connectivity index (χ1v) is 15.0. The number of aromatic nitrogens is 2. The van der Waals surface area contributed by atoms with E-state index in [4.69, 9.17) is 0 Å². The van der Waals surface area contributed by atoms with Gasteiger partial charge in [-0.1, -0.05) is 12.1 Å². The maximum atomic E-state index is 13.6. The second-order valence-corrected chi connectivity index (χ2v) is 11.7. The lowest BCUT2D eigenvalue weighted by Crippen LogP contribution is -2.44. The Balaban J connectivity index is 1.14. The fraction of sp³-hybridized carbons (Fsp3) is 0.294. The second kappa shape index (κ2) is 12.4. The number of halogens is 3. The van der Waals surface area contributed by atoms with Crippen LogP contribution in [0.4, 0.5) is 41.9 Å². The molecule has 2 N–H and O–H groups in total. The summed E-state index contributed by atoms with van der Waals surface area (Å²) in [5.74, 6) is -0.555. The van der Waals surface area contributed by atoms with E-state index in [1.54, 1.807) is 23.1 Å². The van der Waals surface area contributed by atoms with Crippen molar-refractivity contribution < 1.29 is 22.8 Å². The van der Waals surface area contributed by atoms with Crippen molar-refractivity contribution in [2.75, 3.05) is 60.2 Å². The third-order valence-corrected chi connectivity index (χ3v) is 8.47. The first kappa shape index (κ1) is 31.0. The van der Waals surface area contributed by atoms with Crippen LogP contribution in [0.15, 0.2) is 66.9 Å². The summed E-state index contributed by atoms with van der Waals surface area (Å²) in [4.78, 5) is 41.8. The maximum absolute atomic E-state index is 13.6. The molecule has 0 bridgehead atoms. The van der Waals surface area contributed by atoms with E-state index >= 15 is 0 Å². The molecular weight excluding hydrogens is 595 g/mol. The number of rotatable bonds is 6. The molecule has 0 radical (unpaired) electrons. The second-order valence-electron chi connectivity index (χ2n) is 11.7. The zero-order valence-electron chi connectivity index (χ0n) is 25.8. The molecule has 12 heteroatoms. The van der Waals surface area contributed by atoms with E-state index in [2.05, 4.69) is 49.6 Å². The molecule has 3 heterocycles. The van der Waals surface area contributed by atoms with E-state index in [9.17, 15) is 22.8 Å². The standard InChI is InChI=1S/C34H34F3N7O2/c1-21-4-6-23(18-28(21)34(35,36)37)31(45)39-25-7-5-22(2)30(19-25)44-13-12-29-27(32(44)46)20-38-33(41-29)40-24-8-10-26(11-9-24)43-16-14-42(3)15-17-43/h4-11,18-20H,12-17H2,1-3H3,(H,39,45)(H,38,40,41). The first-order valence-electron chi connectivity index (χ1n) is 15.0. The van der Waals surface area contributed by atoms with E-state index in [1.807, 2.05) is 19.1 Å². The number of hydrogen-bond acceptors (Lipinski definition) is 7. The van der Waals surface area contributed by atoms with Crippen LogP contribution in [0.1, 0.15) is 43.1 Å². The number of nitrogens with zero attached hydrogens (tertiary/aromatic N) is 5. The van der Waals surface area contributed by atoms with Crippen LogP contribution in [-0.4, -0.2) is 66.5 Å². The molecule has 0 atom stereocenters. The lowest BCUT2D eigenvalue weighted by Gasteiger charge is -2.34. The average molecular weight is 630 g/mol. The molecule has 2 amide bonds. The molecule has 6 rings (SSSR count). The summed E-state index contributed by atoms with van der Waals surface area (Å²) in [7, 11) is 2.13. The molecule has 0 spiro atoms. The number of fused-ring (bicyclic) bond motifs is 1. The zero-order chi connectivity index (χ0) is 32.6. The van der Waals surface area contributed by atoms with Crippen molar-refractivity contribution >= 4 is 40.5 Å². The van der Waals surface area contributed by atoms with E-state index in [-0.39, 0.29) is 17.0 Å². The minimum Gasteiger partial charge on any atom is -0.369 e. The molecule has 0 unspecified atom stereocenters. The Hall–Kier alpha value is -4.97. The van der Waals surface area contributed by atoms with Gasteiger partial charge in [0.25, 0.3) is 11.8 Å². The van der Waals surface area contributed by atoms with Gasteiger partial charge in [-0.2, -0.15) is 13.2 Å². The van der Waals surface area contributed by atoms with Crippen molar-refractivity contribution in [3.8, 4) is 0 Å². The van der Waals surface area contributed by atoms with Gasteiger partial charge in [0.15, 0.2) is 0 Å². The number of hydrogen-bond donors (Lipinski definition) is 2. The van der Waals surface area contributed by atoms with E-state index < -0.39 is 17.6 Å². The summed E-state index contributed by atoms with van der Waals surface area (Å²) < 4.78 is 40.1. The normalized spacial score (nSPS) is 15.5. The summed E-state index contributed by atoms with van der Waals surface area (Å²) in [6.45, 7) is 7.58. The van der Waals surface area contributed by atoms with Gasteiger partial charge < -0.3 is 25.3 Å². The van der Waals surface area contributed by atoms with Crippen molar-refractivity contribution in [2.45, 2.75) is 26.4 Å². The number of aryl methyl sites for hydroxylation is 2. The Morgan fingerprint density at radius 3 is 2.28 bits per heavy atom. The van der Waals surface area contributed by atoms with Crippen LogP contribution in [0.5, 0.6) is 0 Å². The number of likely N-dealkylation sites (N-methyl/N-ethyl adjacent to an activating group) is 1. The number of nitrogens with one attached hydrogen (secondary N) is 2. The highest BCUT2D eigenvalue weighted by molar-refractivity contribution is 6.09. The van der Waals surface area contributed by atoms with Gasteiger partial charge in [0.05, 0.1) is 16.8 Å². The summed E-state index contributed by atoms with van der Waals surface area (Å²) in [5.41, 5.74) is 3.82. The van der Waals surface area contributed by atoms with Crippen molar-refractivity contribution in [2.24, 2.45) is 0 Å². The molecule has 2 aliphatic heterocycles. The number of piperazine rings is 1. The predicted octanol–water partition coefficient (Wildman–Crippen LogP) is 6.06. The van der Waals surface area contributed by atoms with Crippen molar-refractivity contribution in [1.82, 2.24) is 14.9 Å². The number of alkyl halides is 3. The van der Waals surface area contributed by atoms with Gasteiger partial charge in [-0.25, -0.2) is 9.97 Å². The molecule has 238 valence electrons. The van der Waals surface area contributed by atoms with Gasteiger partial charge in [-0.05, 0) is 80.6 Å². The highest BCUT2D eigenvalue weighted by Gasteiger charge is 2.33. The van der Waals surface area contributed by atoms with Crippen LogP contribution in [0.25, 0.3) is 0 Å². The predicted molar refractivity (Wildman–Crippen MR) is 172 cm³/mol. The number of amides is 2. The molecule has 2 aliphatic rings. The zero-order valence-corrected chi connectivity index (χ0v) is 25.8. The molecule has 1 aromatic heterocycles. The van der Waals surface area contributed by atoms with E-state index in [1.165, 1.54) is 30.9 Å². The molecule has 4 aromatic rings. The van der Waals surface area contributed by atoms with Gasteiger partial charge in [0.2, 0.25) is 5.95 Å². The lowest BCUT2D eigenvalue weighted by atomic mass is 10.0. The topological polar surface area (TPSA) is 93.7 Å². The lowest BCUT2D eigenvalue weighted by molar-refractivity contribution is -0.138. The Labute approximate surface area is 265 Å². The molecule has 1 fully saturated rings. The molecule has 46 heavy (non-hydrogen) atoms. The molecule has 3 aromatic carbocycles. The molecule has 9 nitrogen and oxygen atoms in total. The van der Waals surface area contributed by atoms with Crippen molar-refractivity contribution in [3.63, 3.8) is 0 Å². The van der Waals surface area contributed by atoms with Gasteiger partial charge in [-0.3, -0.25) is 9.59 Å². The van der Waals surface area contributed by atoms with Crippen LogP contribution in [-0.2, 0) is 12.6 Å². The van der Waals surface area contributed by atoms with Gasteiger partial charge >= 0.3 is 6.18 Å².